The molecule has 0 N–H and O–H groups in total. The summed E-state index contributed by atoms with van der Waals surface area (Å²) in [4.78, 5) is 0. The van der Waals surface area contributed by atoms with E-state index in [-0.39, 0.29) is 5.82 Å². The molecule has 0 aliphatic carbocycles. The summed E-state index contributed by atoms with van der Waals surface area (Å²) in [6.07, 6.45) is 0.577. The number of benzene rings is 1. The van der Waals surface area contributed by atoms with Crippen molar-refractivity contribution in [2.45, 2.75) is 6.42 Å². The van der Waals surface area contributed by atoms with Gasteiger partial charge in [-0.25, -0.2) is 4.39 Å². The predicted octanol–water partition coefficient (Wildman–Crippen LogP) is 3.57. The molecule has 0 aromatic heterocycles. The van der Waals surface area contributed by atoms with E-state index in [1.165, 1.54) is 6.07 Å². The van der Waals surface area contributed by atoms with Gasteiger partial charge in [0.25, 0.3) is 0 Å². The average Bonchev–Trinajstić information content (AvgIpc) is 2.11. The summed E-state index contributed by atoms with van der Waals surface area (Å²) in [6.45, 7) is 0. The van der Waals surface area contributed by atoms with Gasteiger partial charge < -0.3 is 0 Å². The Bertz CT molecular complexity index is 352. The van der Waals surface area contributed by atoms with Crippen molar-refractivity contribution in [2.75, 3.05) is 5.88 Å². The number of hydrogen-bond acceptors (Lipinski definition) is 0. The Labute approximate surface area is 90.2 Å². The van der Waals surface area contributed by atoms with Crippen LogP contribution in [-0.2, 0) is 0 Å². The highest BCUT2D eigenvalue weighted by Gasteiger charge is 1.97. The van der Waals surface area contributed by atoms with Crippen molar-refractivity contribution >= 4 is 27.5 Å². The third-order valence-corrected chi connectivity index (χ3v) is 2.05. The zero-order chi connectivity index (χ0) is 9.68. The summed E-state index contributed by atoms with van der Waals surface area (Å²) in [5, 5.41) is 0. The molecule has 68 valence electrons. The monoisotopic (exact) mass is 260 g/mol. The summed E-state index contributed by atoms with van der Waals surface area (Å²) < 4.78 is 13.9. The van der Waals surface area contributed by atoms with Gasteiger partial charge in [0.15, 0.2) is 0 Å². The first-order valence-corrected chi connectivity index (χ1v) is 5.06. The molecular weight excluding hydrogens is 254 g/mol. The van der Waals surface area contributed by atoms with Gasteiger partial charge >= 0.3 is 0 Å². The minimum absolute atomic E-state index is 0.301. The summed E-state index contributed by atoms with van der Waals surface area (Å²) in [6, 6.07) is 4.67. The van der Waals surface area contributed by atoms with Crippen LogP contribution in [0.15, 0.2) is 22.7 Å². The van der Waals surface area contributed by atoms with Crippen LogP contribution in [0, 0.1) is 17.7 Å². The van der Waals surface area contributed by atoms with E-state index in [2.05, 4.69) is 27.8 Å². The SMILES string of the molecule is Fc1ccc(Br)cc1C#CCCCl. The second-order valence-electron chi connectivity index (χ2n) is 2.36. The lowest BCUT2D eigenvalue weighted by Gasteiger charge is -1.94. The zero-order valence-corrected chi connectivity index (χ0v) is 9.12. The minimum Gasteiger partial charge on any atom is -0.206 e. The molecule has 0 heterocycles. The third kappa shape index (κ3) is 3.38. The lowest BCUT2D eigenvalue weighted by atomic mass is 10.2. The van der Waals surface area contributed by atoms with Gasteiger partial charge in [-0.15, -0.1) is 11.6 Å². The normalized spacial score (nSPS) is 9.15. The van der Waals surface area contributed by atoms with Crippen molar-refractivity contribution in [3.05, 3.63) is 34.1 Å². The lowest BCUT2D eigenvalue weighted by Crippen LogP contribution is -1.82. The molecule has 0 bridgehead atoms. The maximum absolute atomic E-state index is 13.0. The molecule has 0 atom stereocenters. The first-order valence-electron chi connectivity index (χ1n) is 3.74. The highest BCUT2D eigenvalue weighted by atomic mass is 79.9. The van der Waals surface area contributed by atoms with Crippen LogP contribution in [0.2, 0.25) is 0 Å². The van der Waals surface area contributed by atoms with Gasteiger partial charge in [-0.1, -0.05) is 27.8 Å². The van der Waals surface area contributed by atoms with Crippen LogP contribution in [0.1, 0.15) is 12.0 Å². The molecule has 0 unspecified atom stereocenters. The van der Waals surface area contributed by atoms with Crippen LogP contribution in [0.4, 0.5) is 4.39 Å². The van der Waals surface area contributed by atoms with E-state index in [1.807, 2.05) is 0 Å². The van der Waals surface area contributed by atoms with E-state index in [4.69, 9.17) is 11.6 Å². The van der Waals surface area contributed by atoms with E-state index >= 15 is 0 Å². The highest BCUT2D eigenvalue weighted by molar-refractivity contribution is 9.10. The molecule has 0 aliphatic rings. The van der Waals surface area contributed by atoms with E-state index in [0.29, 0.717) is 17.9 Å². The fourth-order valence-electron chi connectivity index (χ4n) is 0.798. The molecule has 0 saturated carbocycles. The van der Waals surface area contributed by atoms with Crippen LogP contribution < -0.4 is 0 Å². The van der Waals surface area contributed by atoms with Crippen molar-refractivity contribution in [3.8, 4) is 11.8 Å². The fraction of sp³-hybridized carbons (Fsp3) is 0.200. The van der Waals surface area contributed by atoms with Crippen molar-refractivity contribution in [1.82, 2.24) is 0 Å². The zero-order valence-electron chi connectivity index (χ0n) is 6.78. The number of halogens is 3. The van der Waals surface area contributed by atoms with Crippen LogP contribution in [0.25, 0.3) is 0 Å². The summed E-state index contributed by atoms with van der Waals surface area (Å²) in [7, 11) is 0. The van der Waals surface area contributed by atoms with Crippen molar-refractivity contribution in [3.63, 3.8) is 0 Å². The molecule has 0 amide bonds. The number of hydrogen-bond donors (Lipinski definition) is 0. The Morgan fingerprint density at radius 1 is 1.46 bits per heavy atom. The van der Waals surface area contributed by atoms with Gasteiger partial charge in [0.1, 0.15) is 5.82 Å². The first kappa shape index (κ1) is 10.6. The smallest absolute Gasteiger partial charge is 0.138 e. The fourth-order valence-corrected chi connectivity index (χ4v) is 1.25. The summed E-state index contributed by atoms with van der Waals surface area (Å²) in [5.74, 6) is 5.67. The van der Waals surface area contributed by atoms with E-state index < -0.39 is 0 Å². The average molecular weight is 262 g/mol. The molecule has 0 fully saturated rings. The molecule has 0 aliphatic heterocycles. The first-order chi connectivity index (χ1) is 6.24. The Kier molecular flexibility index (Phi) is 4.27. The lowest BCUT2D eigenvalue weighted by molar-refractivity contribution is 0.624. The Balaban J connectivity index is 2.89. The van der Waals surface area contributed by atoms with E-state index in [1.54, 1.807) is 12.1 Å². The van der Waals surface area contributed by atoms with E-state index in [9.17, 15) is 4.39 Å². The molecule has 0 spiro atoms. The minimum atomic E-state index is -0.301. The third-order valence-electron chi connectivity index (χ3n) is 1.37. The molecule has 1 aromatic carbocycles. The molecule has 1 aromatic rings. The van der Waals surface area contributed by atoms with Gasteiger partial charge in [0.2, 0.25) is 0 Å². The molecule has 1 rings (SSSR count). The van der Waals surface area contributed by atoms with Gasteiger partial charge in [0.05, 0.1) is 5.56 Å². The van der Waals surface area contributed by atoms with E-state index in [0.717, 1.165) is 4.47 Å². The largest absolute Gasteiger partial charge is 0.206 e. The van der Waals surface area contributed by atoms with Crippen LogP contribution in [0.5, 0.6) is 0 Å². The molecule has 0 saturated heterocycles. The maximum atomic E-state index is 13.0. The quantitative estimate of drug-likeness (QED) is 0.535. The van der Waals surface area contributed by atoms with Gasteiger partial charge in [-0.05, 0) is 18.2 Å². The van der Waals surface area contributed by atoms with Gasteiger partial charge in [0, 0.05) is 16.8 Å². The molecule has 13 heavy (non-hydrogen) atoms. The second-order valence-corrected chi connectivity index (χ2v) is 3.66. The molecular formula is C10H7BrClF. The second kappa shape index (κ2) is 5.26. The maximum Gasteiger partial charge on any atom is 0.138 e. The standard InChI is InChI=1S/C10H7BrClF/c11-9-4-5-10(13)8(7-9)3-1-2-6-12/h4-5,7H,2,6H2. The molecule has 0 nitrogen and oxygen atoms in total. The van der Waals surface area contributed by atoms with Gasteiger partial charge in [-0.3, -0.25) is 0 Å². The summed E-state index contributed by atoms with van der Waals surface area (Å²) in [5.41, 5.74) is 0.402. The summed E-state index contributed by atoms with van der Waals surface area (Å²) >= 11 is 8.68. The highest BCUT2D eigenvalue weighted by Crippen LogP contribution is 2.14. The number of alkyl halides is 1. The molecule has 0 radical (unpaired) electrons. The Morgan fingerprint density at radius 2 is 2.23 bits per heavy atom. The Hall–Kier alpha value is -0.520. The van der Waals surface area contributed by atoms with Crippen molar-refractivity contribution < 1.29 is 4.39 Å². The van der Waals surface area contributed by atoms with Crippen LogP contribution in [-0.4, -0.2) is 5.88 Å². The predicted molar refractivity (Wildman–Crippen MR) is 56.3 cm³/mol. The van der Waals surface area contributed by atoms with Crippen LogP contribution >= 0.6 is 27.5 Å². The number of rotatable bonds is 1. The molecule has 3 heteroatoms. The topological polar surface area (TPSA) is 0 Å². The van der Waals surface area contributed by atoms with Crippen molar-refractivity contribution in [2.24, 2.45) is 0 Å². The van der Waals surface area contributed by atoms with Crippen molar-refractivity contribution in [1.29, 1.82) is 0 Å². The Morgan fingerprint density at radius 3 is 2.92 bits per heavy atom. The van der Waals surface area contributed by atoms with Gasteiger partial charge in [-0.2, -0.15) is 0 Å². The van der Waals surface area contributed by atoms with Crippen LogP contribution in [0.3, 0.4) is 0 Å².